The number of aromatic amines is 1. The van der Waals surface area contributed by atoms with Crippen molar-refractivity contribution in [2.75, 3.05) is 20.3 Å². The second kappa shape index (κ2) is 5.61. The molecule has 0 saturated heterocycles. The molecule has 0 bridgehead atoms. The molecule has 90 valence electrons. The molecule has 1 aromatic carbocycles. The first-order valence-corrected chi connectivity index (χ1v) is 5.62. The highest BCUT2D eigenvalue weighted by atomic mass is 16.5. The molecule has 0 aliphatic heterocycles. The fourth-order valence-electron chi connectivity index (χ4n) is 1.72. The van der Waals surface area contributed by atoms with Gasteiger partial charge >= 0.3 is 0 Å². The van der Waals surface area contributed by atoms with Gasteiger partial charge in [-0.1, -0.05) is 18.2 Å². The zero-order chi connectivity index (χ0) is 12.1. The predicted molar refractivity (Wildman–Crippen MR) is 68.2 cm³/mol. The Morgan fingerprint density at radius 2 is 2.18 bits per heavy atom. The molecule has 0 fully saturated rings. The number of methoxy groups -OCH3 is 1. The molecule has 0 radical (unpaired) electrons. The van der Waals surface area contributed by atoms with Crippen molar-refractivity contribution in [1.29, 1.82) is 0 Å². The van der Waals surface area contributed by atoms with Gasteiger partial charge in [-0.25, -0.2) is 0 Å². The van der Waals surface area contributed by atoms with Gasteiger partial charge in [-0.05, 0) is 17.5 Å². The molecule has 0 unspecified atom stereocenters. The number of nitrogens with one attached hydrogen (secondary N) is 2. The highest BCUT2D eigenvalue weighted by Crippen LogP contribution is 2.09. The van der Waals surface area contributed by atoms with Crippen molar-refractivity contribution in [3.63, 3.8) is 0 Å². The van der Waals surface area contributed by atoms with E-state index in [2.05, 4.69) is 10.3 Å². The molecule has 4 heteroatoms. The van der Waals surface area contributed by atoms with Gasteiger partial charge < -0.3 is 15.0 Å². The largest absolute Gasteiger partial charge is 0.383 e. The van der Waals surface area contributed by atoms with E-state index in [9.17, 15) is 4.79 Å². The number of ether oxygens (including phenoxy) is 1. The maximum absolute atomic E-state index is 11.8. The maximum atomic E-state index is 11.8. The van der Waals surface area contributed by atoms with Crippen molar-refractivity contribution < 1.29 is 4.74 Å². The van der Waals surface area contributed by atoms with Crippen molar-refractivity contribution in [3.05, 3.63) is 46.2 Å². The van der Waals surface area contributed by atoms with Gasteiger partial charge in [0.15, 0.2) is 0 Å². The first-order valence-electron chi connectivity index (χ1n) is 5.62. The van der Waals surface area contributed by atoms with Gasteiger partial charge in [0.1, 0.15) is 0 Å². The topological polar surface area (TPSA) is 54.1 Å². The molecule has 0 spiro atoms. The Hall–Kier alpha value is -1.65. The van der Waals surface area contributed by atoms with Crippen LogP contribution in [0.15, 0.2) is 35.1 Å². The molecular formula is C13H16N2O2. The van der Waals surface area contributed by atoms with E-state index in [4.69, 9.17) is 4.74 Å². The van der Waals surface area contributed by atoms with Crippen LogP contribution in [0.4, 0.5) is 0 Å². The second-order valence-electron chi connectivity index (χ2n) is 3.88. The number of benzene rings is 1. The number of H-pyrrole nitrogens is 1. The number of hydrogen-bond donors (Lipinski definition) is 2. The molecule has 2 aromatic rings. The van der Waals surface area contributed by atoms with Crippen molar-refractivity contribution in [1.82, 2.24) is 10.3 Å². The Bertz CT molecular complexity index is 548. The number of fused-ring (bicyclic) bond motifs is 1. The van der Waals surface area contributed by atoms with Crippen LogP contribution in [-0.2, 0) is 11.3 Å². The number of aromatic nitrogens is 1. The lowest BCUT2D eigenvalue weighted by Crippen LogP contribution is -2.23. The maximum Gasteiger partial charge on any atom is 0.252 e. The van der Waals surface area contributed by atoms with Crippen molar-refractivity contribution >= 4 is 10.9 Å². The van der Waals surface area contributed by atoms with Gasteiger partial charge in [0.2, 0.25) is 0 Å². The first kappa shape index (κ1) is 11.8. The molecule has 2 N–H and O–H groups in total. The SMILES string of the molecule is COCCNCc1cc2ccccc2[nH]c1=O. The highest BCUT2D eigenvalue weighted by molar-refractivity contribution is 5.78. The van der Waals surface area contributed by atoms with Crippen LogP contribution < -0.4 is 10.9 Å². The number of hydrogen-bond acceptors (Lipinski definition) is 3. The van der Waals surface area contributed by atoms with E-state index in [-0.39, 0.29) is 5.56 Å². The zero-order valence-electron chi connectivity index (χ0n) is 9.82. The Morgan fingerprint density at radius 1 is 1.35 bits per heavy atom. The molecular weight excluding hydrogens is 216 g/mol. The fourth-order valence-corrected chi connectivity index (χ4v) is 1.72. The van der Waals surface area contributed by atoms with Gasteiger partial charge in [0.25, 0.3) is 5.56 Å². The summed E-state index contributed by atoms with van der Waals surface area (Å²) in [7, 11) is 1.66. The smallest absolute Gasteiger partial charge is 0.252 e. The Morgan fingerprint density at radius 3 is 3.00 bits per heavy atom. The van der Waals surface area contributed by atoms with Crippen molar-refractivity contribution in [2.24, 2.45) is 0 Å². The third-order valence-electron chi connectivity index (χ3n) is 2.63. The number of para-hydroxylation sites is 1. The van der Waals surface area contributed by atoms with Gasteiger partial charge in [0.05, 0.1) is 6.61 Å². The average molecular weight is 232 g/mol. The van der Waals surface area contributed by atoms with E-state index in [1.165, 1.54) is 0 Å². The van der Waals surface area contributed by atoms with Crippen molar-refractivity contribution in [2.45, 2.75) is 6.54 Å². The van der Waals surface area contributed by atoms with Crippen LogP contribution in [0, 0.1) is 0 Å². The Labute approximate surface area is 99.6 Å². The highest BCUT2D eigenvalue weighted by Gasteiger charge is 2.01. The summed E-state index contributed by atoms with van der Waals surface area (Å²) in [5.74, 6) is 0. The predicted octanol–water partition coefficient (Wildman–Crippen LogP) is 1.26. The molecule has 0 aliphatic carbocycles. The van der Waals surface area contributed by atoms with Gasteiger partial charge in [-0.2, -0.15) is 0 Å². The summed E-state index contributed by atoms with van der Waals surface area (Å²) in [6.07, 6.45) is 0. The molecule has 0 atom stereocenters. The van der Waals surface area contributed by atoms with E-state index < -0.39 is 0 Å². The standard InChI is InChI=1S/C13H16N2O2/c1-17-7-6-14-9-11-8-10-4-2-3-5-12(10)15-13(11)16/h2-5,8,14H,6-7,9H2,1H3,(H,15,16). The van der Waals surface area contributed by atoms with Crippen LogP contribution in [-0.4, -0.2) is 25.2 Å². The monoisotopic (exact) mass is 232 g/mol. The summed E-state index contributed by atoms with van der Waals surface area (Å²) in [5, 5.41) is 4.21. The quantitative estimate of drug-likeness (QED) is 0.763. The second-order valence-corrected chi connectivity index (χ2v) is 3.88. The van der Waals surface area contributed by atoms with Crippen LogP contribution in [0.1, 0.15) is 5.56 Å². The average Bonchev–Trinajstić information content (AvgIpc) is 2.35. The summed E-state index contributed by atoms with van der Waals surface area (Å²) in [4.78, 5) is 14.6. The van der Waals surface area contributed by atoms with E-state index in [0.717, 1.165) is 23.0 Å². The molecule has 0 amide bonds. The minimum absolute atomic E-state index is 0.0337. The Balaban J connectivity index is 2.17. The van der Waals surface area contributed by atoms with E-state index in [0.29, 0.717) is 13.2 Å². The summed E-state index contributed by atoms with van der Waals surface area (Å²) < 4.78 is 4.93. The van der Waals surface area contributed by atoms with Gasteiger partial charge in [0, 0.05) is 31.3 Å². The molecule has 1 heterocycles. The third kappa shape index (κ3) is 2.93. The summed E-state index contributed by atoms with van der Waals surface area (Å²) >= 11 is 0. The van der Waals surface area contributed by atoms with E-state index >= 15 is 0 Å². The minimum atomic E-state index is -0.0337. The van der Waals surface area contributed by atoms with Crippen LogP contribution in [0.2, 0.25) is 0 Å². The summed E-state index contributed by atoms with van der Waals surface area (Å²) in [6.45, 7) is 1.94. The van der Waals surface area contributed by atoms with Crippen LogP contribution in [0.25, 0.3) is 10.9 Å². The normalized spacial score (nSPS) is 10.9. The molecule has 1 aromatic heterocycles. The zero-order valence-corrected chi connectivity index (χ0v) is 9.82. The Kier molecular flexibility index (Phi) is 3.90. The van der Waals surface area contributed by atoms with E-state index in [1.807, 2.05) is 30.3 Å². The lowest BCUT2D eigenvalue weighted by atomic mass is 10.1. The van der Waals surface area contributed by atoms with Gasteiger partial charge in [-0.15, -0.1) is 0 Å². The van der Waals surface area contributed by atoms with E-state index in [1.54, 1.807) is 7.11 Å². The molecule has 0 saturated carbocycles. The molecule has 0 aliphatic rings. The fraction of sp³-hybridized carbons (Fsp3) is 0.308. The number of rotatable bonds is 5. The number of pyridine rings is 1. The third-order valence-corrected chi connectivity index (χ3v) is 2.63. The van der Waals surface area contributed by atoms with Crippen LogP contribution in [0.5, 0.6) is 0 Å². The molecule has 2 rings (SSSR count). The van der Waals surface area contributed by atoms with Crippen molar-refractivity contribution in [3.8, 4) is 0 Å². The summed E-state index contributed by atoms with van der Waals surface area (Å²) in [5.41, 5.74) is 1.59. The first-order chi connectivity index (χ1) is 8.31. The van der Waals surface area contributed by atoms with Gasteiger partial charge in [-0.3, -0.25) is 4.79 Å². The summed E-state index contributed by atoms with van der Waals surface area (Å²) in [6, 6.07) is 9.69. The lowest BCUT2D eigenvalue weighted by Gasteiger charge is -2.05. The molecule has 4 nitrogen and oxygen atoms in total. The molecule has 17 heavy (non-hydrogen) atoms. The minimum Gasteiger partial charge on any atom is -0.383 e. The van der Waals surface area contributed by atoms with Crippen LogP contribution in [0.3, 0.4) is 0 Å². The van der Waals surface area contributed by atoms with Crippen LogP contribution >= 0.6 is 0 Å². The lowest BCUT2D eigenvalue weighted by molar-refractivity contribution is 0.199.